The Bertz CT molecular complexity index is 721. The van der Waals surface area contributed by atoms with E-state index in [0.29, 0.717) is 17.4 Å². The van der Waals surface area contributed by atoms with Gasteiger partial charge >= 0.3 is 5.69 Å². The van der Waals surface area contributed by atoms with E-state index in [1.807, 2.05) is 32.9 Å². The lowest BCUT2D eigenvalue weighted by Crippen LogP contribution is -1.98. The standard InChI is InChI=1S/C19H23NO3.C2H6/c1-12(2)15-7-6-14(5)18(10-15)23-19-11-16(13(3)4)8-9-17(19)20(21)22;1-2/h6-13H,1-5H3;1-2H3. The van der Waals surface area contributed by atoms with E-state index in [1.165, 1.54) is 6.07 Å². The van der Waals surface area contributed by atoms with Gasteiger partial charge in [0.2, 0.25) is 5.75 Å². The van der Waals surface area contributed by atoms with Gasteiger partial charge < -0.3 is 4.74 Å². The number of hydrogen-bond acceptors (Lipinski definition) is 3. The van der Waals surface area contributed by atoms with Gasteiger partial charge in [0.25, 0.3) is 0 Å². The number of ether oxygens (including phenoxy) is 1. The van der Waals surface area contributed by atoms with Crippen molar-refractivity contribution in [2.45, 2.75) is 60.3 Å². The Kier molecular flexibility index (Phi) is 7.62. The van der Waals surface area contributed by atoms with Crippen molar-refractivity contribution in [3.8, 4) is 11.5 Å². The minimum atomic E-state index is -0.402. The van der Waals surface area contributed by atoms with Crippen LogP contribution in [0.2, 0.25) is 0 Å². The summed E-state index contributed by atoms with van der Waals surface area (Å²) in [6, 6.07) is 11.1. The molecule has 0 bridgehead atoms. The lowest BCUT2D eigenvalue weighted by molar-refractivity contribution is -0.385. The maximum Gasteiger partial charge on any atom is 0.311 e. The van der Waals surface area contributed by atoms with Crippen LogP contribution in [0.15, 0.2) is 36.4 Å². The number of nitro benzene ring substituents is 1. The van der Waals surface area contributed by atoms with E-state index in [0.717, 1.165) is 16.7 Å². The van der Waals surface area contributed by atoms with Crippen LogP contribution in [0, 0.1) is 17.0 Å². The number of benzene rings is 2. The van der Waals surface area contributed by atoms with Crippen LogP contribution >= 0.6 is 0 Å². The molecule has 0 saturated heterocycles. The Labute approximate surface area is 151 Å². The topological polar surface area (TPSA) is 52.4 Å². The summed E-state index contributed by atoms with van der Waals surface area (Å²) in [6.07, 6.45) is 0. The molecule has 0 radical (unpaired) electrons. The van der Waals surface area contributed by atoms with Gasteiger partial charge in [0.1, 0.15) is 5.75 Å². The summed E-state index contributed by atoms with van der Waals surface area (Å²) in [6.45, 7) is 14.3. The molecular formula is C21H29NO3. The summed E-state index contributed by atoms with van der Waals surface area (Å²) >= 11 is 0. The highest BCUT2D eigenvalue weighted by atomic mass is 16.6. The fraction of sp³-hybridized carbons (Fsp3) is 0.429. The Morgan fingerprint density at radius 2 is 1.36 bits per heavy atom. The third kappa shape index (κ3) is 5.31. The summed E-state index contributed by atoms with van der Waals surface area (Å²) in [5.41, 5.74) is 3.11. The van der Waals surface area contributed by atoms with Crippen molar-refractivity contribution in [3.05, 3.63) is 63.2 Å². The van der Waals surface area contributed by atoms with E-state index in [4.69, 9.17) is 4.74 Å². The molecule has 4 heteroatoms. The van der Waals surface area contributed by atoms with E-state index in [9.17, 15) is 10.1 Å². The van der Waals surface area contributed by atoms with Gasteiger partial charge in [-0.05, 0) is 47.6 Å². The lowest BCUT2D eigenvalue weighted by atomic mass is 10.0. The highest BCUT2D eigenvalue weighted by molar-refractivity contribution is 5.52. The molecule has 0 aliphatic rings. The van der Waals surface area contributed by atoms with Gasteiger partial charge in [-0.2, -0.15) is 0 Å². The van der Waals surface area contributed by atoms with Gasteiger partial charge in [-0.25, -0.2) is 0 Å². The molecule has 0 saturated carbocycles. The average Bonchev–Trinajstić information content (AvgIpc) is 2.58. The van der Waals surface area contributed by atoms with Gasteiger partial charge in [0.05, 0.1) is 4.92 Å². The molecule has 4 nitrogen and oxygen atoms in total. The third-order valence-corrected chi connectivity index (χ3v) is 3.95. The summed E-state index contributed by atoms with van der Waals surface area (Å²) in [5, 5.41) is 11.3. The van der Waals surface area contributed by atoms with Gasteiger partial charge in [0, 0.05) is 6.07 Å². The number of aryl methyl sites for hydroxylation is 1. The lowest BCUT2D eigenvalue weighted by Gasteiger charge is -2.14. The highest BCUT2D eigenvalue weighted by Crippen LogP contribution is 2.36. The molecule has 0 atom stereocenters. The number of hydrogen-bond donors (Lipinski definition) is 0. The second-order valence-corrected chi connectivity index (χ2v) is 6.42. The largest absolute Gasteiger partial charge is 0.450 e. The van der Waals surface area contributed by atoms with Crippen LogP contribution in [-0.2, 0) is 0 Å². The first kappa shape index (κ1) is 20.7. The Hall–Kier alpha value is -2.36. The molecule has 2 rings (SSSR count). The zero-order valence-corrected chi connectivity index (χ0v) is 16.3. The molecule has 2 aromatic rings. The van der Waals surface area contributed by atoms with Crippen molar-refractivity contribution in [1.29, 1.82) is 0 Å². The second-order valence-electron chi connectivity index (χ2n) is 6.42. The molecular weight excluding hydrogens is 314 g/mol. The molecule has 0 aromatic heterocycles. The molecule has 0 amide bonds. The van der Waals surface area contributed by atoms with Crippen molar-refractivity contribution in [1.82, 2.24) is 0 Å². The summed E-state index contributed by atoms with van der Waals surface area (Å²) < 4.78 is 5.94. The quantitative estimate of drug-likeness (QED) is 0.435. The SMILES string of the molecule is CC.Cc1ccc(C(C)C)cc1Oc1cc(C(C)C)ccc1[N+](=O)[O-]. The van der Waals surface area contributed by atoms with E-state index in [1.54, 1.807) is 12.1 Å². The van der Waals surface area contributed by atoms with Crippen molar-refractivity contribution in [2.75, 3.05) is 0 Å². The maximum atomic E-state index is 11.3. The van der Waals surface area contributed by atoms with Crippen LogP contribution in [0.25, 0.3) is 0 Å². The molecule has 0 fully saturated rings. The zero-order chi connectivity index (χ0) is 19.1. The van der Waals surface area contributed by atoms with Crippen LogP contribution in [0.5, 0.6) is 11.5 Å². The molecule has 0 spiro atoms. The van der Waals surface area contributed by atoms with Crippen LogP contribution in [0.1, 0.15) is 70.1 Å². The molecule has 2 aromatic carbocycles. The number of rotatable bonds is 5. The van der Waals surface area contributed by atoms with Crippen molar-refractivity contribution >= 4 is 5.69 Å². The summed E-state index contributed by atoms with van der Waals surface area (Å²) in [7, 11) is 0. The van der Waals surface area contributed by atoms with Crippen molar-refractivity contribution in [2.24, 2.45) is 0 Å². The predicted octanol–water partition coefficient (Wildman–Crippen LogP) is 6.97. The third-order valence-electron chi connectivity index (χ3n) is 3.95. The Morgan fingerprint density at radius 3 is 1.84 bits per heavy atom. The van der Waals surface area contributed by atoms with Gasteiger partial charge in [-0.1, -0.05) is 59.7 Å². The highest BCUT2D eigenvalue weighted by Gasteiger charge is 2.18. The summed E-state index contributed by atoms with van der Waals surface area (Å²) in [4.78, 5) is 10.9. The first-order valence-corrected chi connectivity index (χ1v) is 8.86. The molecule has 0 unspecified atom stereocenters. The molecule has 25 heavy (non-hydrogen) atoms. The monoisotopic (exact) mass is 343 g/mol. The van der Waals surface area contributed by atoms with Gasteiger partial charge in [-0.15, -0.1) is 0 Å². The predicted molar refractivity (Wildman–Crippen MR) is 104 cm³/mol. The Morgan fingerprint density at radius 1 is 0.880 bits per heavy atom. The van der Waals surface area contributed by atoms with Crippen LogP contribution in [0.4, 0.5) is 5.69 Å². The van der Waals surface area contributed by atoms with E-state index in [2.05, 4.69) is 33.8 Å². The molecule has 0 heterocycles. The van der Waals surface area contributed by atoms with Crippen LogP contribution < -0.4 is 4.74 Å². The molecule has 0 aliphatic carbocycles. The first-order chi connectivity index (χ1) is 11.8. The molecule has 0 aliphatic heterocycles. The Balaban J connectivity index is 0.00000151. The molecule has 136 valence electrons. The minimum absolute atomic E-state index is 0.0104. The van der Waals surface area contributed by atoms with Crippen LogP contribution in [0.3, 0.4) is 0 Å². The van der Waals surface area contributed by atoms with Crippen LogP contribution in [-0.4, -0.2) is 4.92 Å². The molecule has 0 N–H and O–H groups in total. The van der Waals surface area contributed by atoms with Gasteiger partial charge in [0.15, 0.2) is 0 Å². The average molecular weight is 343 g/mol. The van der Waals surface area contributed by atoms with E-state index in [-0.39, 0.29) is 11.6 Å². The number of nitro groups is 1. The summed E-state index contributed by atoms with van der Waals surface area (Å²) in [5.74, 6) is 1.61. The fourth-order valence-corrected chi connectivity index (χ4v) is 2.33. The zero-order valence-electron chi connectivity index (χ0n) is 16.3. The fourth-order valence-electron chi connectivity index (χ4n) is 2.33. The van der Waals surface area contributed by atoms with E-state index < -0.39 is 4.92 Å². The first-order valence-electron chi connectivity index (χ1n) is 8.86. The van der Waals surface area contributed by atoms with Crippen molar-refractivity contribution < 1.29 is 9.66 Å². The van der Waals surface area contributed by atoms with Crippen molar-refractivity contribution in [3.63, 3.8) is 0 Å². The second kappa shape index (κ2) is 9.21. The minimum Gasteiger partial charge on any atom is -0.450 e. The number of nitrogens with zero attached hydrogens (tertiary/aromatic N) is 1. The normalized spacial score (nSPS) is 10.4. The smallest absolute Gasteiger partial charge is 0.311 e. The van der Waals surface area contributed by atoms with Gasteiger partial charge in [-0.3, -0.25) is 10.1 Å². The van der Waals surface area contributed by atoms with E-state index >= 15 is 0 Å². The maximum absolute atomic E-state index is 11.3.